The summed E-state index contributed by atoms with van der Waals surface area (Å²) in [5, 5.41) is 7.36. The van der Waals surface area contributed by atoms with Gasteiger partial charge in [0.25, 0.3) is 0 Å². The summed E-state index contributed by atoms with van der Waals surface area (Å²) in [7, 11) is 0. The molecule has 1 aliphatic rings. The molecule has 0 amide bonds. The standard InChI is InChI=1S/C17H25F2N3OS.HI/c1-3-20-17(22-13-8-9-14(10-13)24-2)21-11-12-6-4-5-7-15(12)23-16(18)19;/h4-7,13-14,16H,3,8-11H2,1-2H3,(H2,20,21,22);1H. The van der Waals surface area contributed by atoms with E-state index >= 15 is 0 Å². The molecule has 1 saturated carbocycles. The first-order valence-electron chi connectivity index (χ1n) is 8.22. The summed E-state index contributed by atoms with van der Waals surface area (Å²) in [6.07, 6.45) is 5.60. The number of nitrogens with zero attached hydrogens (tertiary/aromatic N) is 1. The van der Waals surface area contributed by atoms with Crippen molar-refractivity contribution in [2.45, 2.75) is 50.6 Å². The molecule has 1 aromatic rings. The zero-order chi connectivity index (χ0) is 17.4. The van der Waals surface area contributed by atoms with Crippen molar-refractivity contribution in [2.24, 2.45) is 4.99 Å². The Morgan fingerprint density at radius 3 is 2.76 bits per heavy atom. The highest BCUT2D eigenvalue weighted by Gasteiger charge is 2.24. The summed E-state index contributed by atoms with van der Waals surface area (Å²) in [6.45, 7) is 0.213. The molecule has 0 aromatic heterocycles. The molecule has 0 aliphatic heterocycles. The second-order valence-electron chi connectivity index (χ2n) is 5.69. The molecule has 0 saturated heterocycles. The van der Waals surface area contributed by atoms with Gasteiger partial charge >= 0.3 is 6.61 Å². The average Bonchev–Trinajstić information content (AvgIpc) is 3.01. The fourth-order valence-electron chi connectivity index (χ4n) is 2.81. The number of nitrogens with one attached hydrogen (secondary N) is 2. The summed E-state index contributed by atoms with van der Waals surface area (Å²) in [6, 6.07) is 7.17. The van der Waals surface area contributed by atoms with Crippen LogP contribution in [-0.2, 0) is 6.54 Å². The van der Waals surface area contributed by atoms with Crippen LogP contribution in [-0.4, -0.2) is 36.7 Å². The third-order valence-corrected chi connectivity index (χ3v) is 5.09. The van der Waals surface area contributed by atoms with Crippen molar-refractivity contribution in [3.05, 3.63) is 29.8 Å². The van der Waals surface area contributed by atoms with Crippen LogP contribution in [0.3, 0.4) is 0 Å². The molecule has 142 valence electrons. The van der Waals surface area contributed by atoms with Crippen LogP contribution >= 0.6 is 35.7 Å². The van der Waals surface area contributed by atoms with Gasteiger partial charge in [0, 0.05) is 23.4 Å². The van der Waals surface area contributed by atoms with Crippen molar-refractivity contribution in [1.29, 1.82) is 0 Å². The van der Waals surface area contributed by atoms with Gasteiger partial charge < -0.3 is 15.4 Å². The monoisotopic (exact) mass is 485 g/mol. The second kappa shape index (κ2) is 11.8. The van der Waals surface area contributed by atoms with E-state index < -0.39 is 6.61 Å². The van der Waals surface area contributed by atoms with E-state index in [0.717, 1.165) is 25.3 Å². The number of alkyl halides is 2. The van der Waals surface area contributed by atoms with Gasteiger partial charge in [-0.25, -0.2) is 4.99 Å². The van der Waals surface area contributed by atoms with E-state index in [1.807, 2.05) is 18.7 Å². The number of hydrogen-bond donors (Lipinski definition) is 2. The Bertz CT molecular complexity index is 548. The molecule has 2 rings (SSSR count). The van der Waals surface area contributed by atoms with Gasteiger partial charge in [0.2, 0.25) is 0 Å². The molecule has 4 nitrogen and oxygen atoms in total. The predicted molar refractivity (Wildman–Crippen MR) is 111 cm³/mol. The Balaban J connectivity index is 0.00000312. The summed E-state index contributed by atoms with van der Waals surface area (Å²) in [5.41, 5.74) is 0.642. The van der Waals surface area contributed by atoms with Crippen LogP contribution in [0.5, 0.6) is 5.75 Å². The first kappa shape index (κ1) is 22.3. The van der Waals surface area contributed by atoms with Crippen molar-refractivity contribution in [2.75, 3.05) is 12.8 Å². The Hall–Kier alpha value is -0.770. The Morgan fingerprint density at radius 2 is 2.12 bits per heavy atom. The average molecular weight is 485 g/mol. The zero-order valence-electron chi connectivity index (χ0n) is 14.5. The normalized spacial score (nSPS) is 20.3. The van der Waals surface area contributed by atoms with Crippen LogP contribution < -0.4 is 15.4 Å². The lowest BCUT2D eigenvalue weighted by Crippen LogP contribution is -2.42. The molecule has 1 fully saturated rings. The smallest absolute Gasteiger partial charge is 0.387 e. The van der Waals surface area contributed by atoms with Gasteiger partial charge in [-0.3, -0.25) is 0 Å². The van der Waals surface area contributed by atoms with E-state index in [2.05, 4.69) is 26.6 Å². The van der Waals surface area contributed by atoms with Gasteiger partial charge in [-0.15, -0.1) is 24.0 Å². The van der Waals surface area contributed by atoms with Crippen molar-refractivity contribution in [3.63, 3.8) is 0 Å². The molecule has 1 aromatic carbocycles. The molecular formula is C17H26F2IN3OS. The maximum atomic E-state index is 12.5. The summed E-state index contributed by atoms with van der Waals surface area (Å²) in [5.74, 6) is 0.895. The molecular weight excluding hydrogens is 459 g/mol. The maximum Gasteiger partial charge on any atom is 0.387 e. The SMILES string of the molecule is CCNC(=NCc1ccccc1OC(F)F)NC1CCC(SC)C1.I. The van der Waals surface area contributed by atoms with Gasteiger partial charge in [-0.05, 0) is 38.5 Å². The van der Waals surface area contributed by atoms with E-state index in [4.69, 9.17) is 0 Å². The fourth-order valence-corrected chi connectivity index (χ4v) is 3.60. The zero-order valence-corrected chi connectivity index (χ0v) is 17.7. The predicted octanol–water partition coefficient (Wildman–Crippen LogP) is 4.25. The minimum Gasteiger partial charge on any atom is -0.434 e. The number of ether oxygens (including phenoxy) is 1. The number of rotatable bonds is 7. The third kappa shape index (κ3) is 7.55. The van der Waals surface area contributed by atoms with Crippen LogP contribution in [0.4, 0.5) is 8.78 Å². The number of halogens is 3. The second-order valence-corrected chi connectivity index (χ2v) is 6.83. The quantitative estimate of drug-likeness (QED) is 0.345. The van der Waals surface area contributed by atoms with E-state index in [1.54, 1.807) is 18.2 Å². The lowest BCUT2D eigenvalue weighted by molar-refractivity contribution is -0.0504. The first-order valence-corrected chi connectivity index (χ1v) is 9.51. The molecule has 2 unspecified atom stereocenters. The highest BCUT2D eigenvalue weighted by atomic mass is 127. The number of hydrogen-bond acceptors (Lipinski definition) is 3. The molecule has 2 atom stereocenters. The molecule has 8 heteroatoms. The minimum atomic E-state index is -2.83. The molecule has 0 spiro atoms. The third-order valence-electron chi connectivity index (χ3n) is 4.00. The topological polar surface area (TPSA) is 45.7 Å². The van der Waals surface area contributed by atoms with Crippen LogP contribution in [0.25, 0.3) is 0 Å². The van der Waals surface area contributed by atoms with Gasteiger partial charge in [0.05, 0.1) is 6.54 Å². The van der Waals surface area contributed by atoms with Gasteiger partial charge in [-0.2, -0.15) is 20.5 Å². The number of aliphatic imine (C=N–C) groups is 1. The number of guanidine groups is 1. The van der Waals surface area contributed by atoms with Gasteiger partial charge in [0.1, 0.15) is 5.75 Å². The summed E-state index contributed by atoms with van der Waals surface area (Å²) >= 11 is 1.91. The van der Waals surface area contributed by atoms with Crippen molar-refractivity contribution >= 4 is 41.7 Å². The van der Waals surface area contributed by atoms with Crippen molar-refractivity contribution in [3.8, 4) is 5.75 Å². The largest absolute Gasteiger partial charge is 0.434 e. The van der Waals surface area contributed by atoms with Crippen LogP contribution in [0.1, 0.15) is 31.7 Å². The highest BCUT2D eigenvalue weighted by Crippen LogP contribution is 2.28. The van der Waals surface area contributed by atoms with E-state index in [1.165, 1.54) is 12.5 Å². The summed E-state index contributed by atoms with van der Waals surface area (Å²) in [4.78, 5) is 4.53. The molecule has 0 bridgehead atoms. The fraction of sp³-hybridized carbons (Fsp3) is 0.588. The van der Waals surface area contributed by atoms with Crippen LogP contribution in [0.15, 0.2) is 29.3 Å². The first-order chi connectivity index (χ1) is 11.6. The van der Waals surface area contributed by atoms with E-state index in [9.17, 15) is 8.78 Å². The molecule has 0 heterocycles. The van der Waals surface area contributed by atoms with Crippen LogP contribution in [0, 0.1) is 0 Å². The highest BCUT2D eigenvalue weighted by molar-refractivity contribution is 14.0. The van der Waals surface area contributed by atoms with Gasteiger partial charge in [-0.1, -0.05) is 18.2 Å². The van der Waals surface area contributed by atoms with E-state index in [0.29, 0.717) is 16.9 Å². The lowest BCUT2D eigenvalue weighted by Gasteiger charge is -2.17. The van der Waals surface area contributed by atoms with E-state index in [-0.39, 0.29) is 36.3 Å². The Kier molecular flexibility index (Phi) is 10.5. The Labute approximate surface area is 169 Å². The number of benzene rings is 1. The lowest BCUT2D eigenvalue weighted by atomic mass is 10.2. The van der Waals surface area contributed by atoms with Crippen molar-refractivity contribution in [1.82, 2.24) is 10.6 Å². The number of para-hydroxylation sites is 1. The number of thioether (sulfide) groups is 1. The molecule has 2 N–H and O–H groups in total. The maximum absolute atomic E-state index is 12.5. The molecule has 1 aliphatic carbocycles. The molecule has 25 heavy (non-hydrogen) atoms. The summed E-state index contributed by atoms with van der Waals surface area (Å²) < 4.78 is 29.5. The Morgan fingerprint density at radius 1 is 1.36 bits per heavy atom. The minimum absolute atomic E-state index is 0. The van der Waals surface area contributed by atoms with Crippen LogP contribution in [0.2, 0.25) is 0 Å². The van der Waals surface area contributed by atoms with Crippen molar-refractivity contribution < 1.29 is 13.5 Å². The molecule has 0 radical (unpaired) electrons. The van der Waals surface area contributed by atoms with Gasteiger partial charge in [0.15, 0.2) is 5.96 Å².